The lowest BCUT2D eigenvalue weighted by Crippen LogP contribution is -2.20. The summed E-state index contributed by atoms with van der Waals surface area (Å²) in [6.45, 7) is 0.515. The fourth-order valence-electron chi connectivity index (χ4n) is 1.77. The zero-order chi connectivity index (χ0) is 14.7. The Morgan fingerprint density at radius 2 is 2.25 bits per heavy atom. The van der Waals surface area contributed by atoms with Crippen LogP contribution >= 0.6 is 0 Å². The van der Waals surface area contributed by atoms with Crippen LogP contribution in [0.4, 0.5) is 17.3 Å². The first-order valence-corrected chi connectivity index (χ1v) is 6.03. The van der Waals surface area contributed by atoms with E-state index in [2.05, 4.69) is 15.3 Å². The average molecular weight is 276 g/mol. The molecule has 2 aromatic heterocycles. The Hall–Kier alpha value is -2.64. The van der Waals surface area contributed by atoms with Gasteiger partial charge in [0, 0.05) is 33.5 Å². The number of nitro groups is 1. The molecule has 0 aliphatic carbocycles. The molecule has 106 valence electrons. The molecular formula is C12H16N6O2. The van der Waals surface area contributed by atoms with Gasteiger partial charge in [0.2, 0.25) is 0 Å². The van der Waals surface area contributed by atoms with Gasteiger partial charge in [0.25, 0.3) is 5.69 Å². The second-order valence-corrected chi connectivity index (χ2v) is 4.39. The zero-order valence-electron chi connectivity index (χ0n) is 11.6. The van der Waals surface area contributed by atoms with Crippen molar-refractivity contribution in [2.24, 2.45) is 7.05 Å². The molecule has 0 aromatic carbocycles. The Labute approximate surface area is 116 Å². The maximum absolute atomic E-state index is 10.9. The van der Waals surface area contributed by atoms with Gasteiger partial charge in [-0.2, -0.15) is 0 Å². The molecule has 0 saturated heterocycles. The third kappa shape index (κ3) is 2.85. The second kappa shape index (κ2) is 5.55. The molecule has 0 spiro atoms. The van der Waals surface area contributed by atoms with Gasteiger partial charge in [0.1, 0.15) is 17.5 Å². The van der Waals surface area contributed by atoms with Crippen LogP contribution in [0.3, 0.4) is 0 Å². The van der Waals surface area contributed by atoms with Crippen molar-refractivity contribution in [2.45, 2.75) is 6.54 Å². The van der Waals surface area contributed by atoms with Crippen molar-refractivity contribution in [3.05, 3.63) is 40.5 Å². The summed E-state index contributed by atoms with van der Waals surface area (Å²) in [7, 11) is 5.39. The molecule has 2 rings (SSSR count). The van der Waals surface area contributed by atoms with E-state index in [0.29, 0.717) is 18.2 Å². The minimum Gasteiger partial charge on any atom is -0.373 e. The monoisotopic (exact) mass is 276 g/mol. The number of pyridine rings is 1. The van der Waals surface area contributed by atoms with E-state index >= 15 is 0 Å². The largest absolute Gasteiger partial charge is 0.373 e. The summed E-state index contributed by atoms with van der Waals surface area (Å²) in [5.74, 6) is 1.83. The summed E-state index contributed by atoms with van der Waals surface area (Å²) < 4.78 is 1.90. The smallest absolute Gasteiger partial charge is 0.276 e. The van der Waals surface area contributed by atoms with E-state index in [1.54, 1.807) is 13.2 Å². The number of imidazole rings is 1. The fraction of sp³-hybridized carbons (Fsp3) is 0.333. The minimum absolute atomic E-state index is 0.00559. The molecule has 2 aromatic rings. The summed E-state index contributed by atoms with van der Waals surface area (Å²) >= 11 is 0. The van der Waals surface area contributed by atoms with Crippen molar-refractivity contribution in [1.29, 1.82) is 0 Å². The highest BCUT2D eigenvalue weighted by atomic mass is 16.6. The Bertz CT molecular complexity index is 624. The number of nitrogens with zero attached hydrogens (tertiary/aromatic N) is 5. The quantitative estimate of drug-likeness (QED) is 0.656. The molecule has 0 aliphatic rings. The first-order chi connectivity index (χ1) is 9.51. The van der Waals surface area contributed by atoms with Gasteiger partial charge in [-0.05, 0) is 0 Å². The topological polar surface area (TPSA) is 89.1 Å². The lowest BCUT2D eigenvalue weighted by atomic mass is 10.3. The van der Waals surface area contributed by atoms with Gasteiger partial charge in [-0.3, -0.25) is 10.1 Å². The average Bonchev–Trinajstić information content (AvgIpc) is 2.83. The van der Waals surface area contributed by atoms with Gasteiger partial charge < -0.3 is 14.8 Å². The molecule has 2 heterocycles. The first-order valence-electron chi connectivity index (χ1n) is 6.03. The molecule has 1 N–H and O–H groups in total. The first kappa shape index (κ1) is 13.8. The van der Waals surface area contributed by atoms with Crippen LogP contribution in [0.15, 0.2) is 24.5 Å². The normalized spacial score (nSPS) is 10.3. The summed E-state index contributed by atoms with van der Waals surface area (Å²) in [4.78, 5) is 20.9. The molecule has 20 heavy (non-hydrogen) atoms. The molecule has 8 heteroatoms. The third-order valence-corrected chi connectivity index (χ3v) is 2.95. The van der Waals surface area contributed by atoms with E-state index < -0.39 is 4.92 Å². The SMILES string of the molecule is CNc1cc([N+](=O)[O-])cc(N(C)Cc2nccn2C)n1. The van der Waals surface area contributed by atoms with Crippen LogP contribution < -0.4 is 10.2 Å². The molecular weight excluding hydrogens is 260 g/mol. The van der Waals surface area contributed by atoms with E-state index in [1.807, 2.05) is 29.8 Å². The highest BCUT2D eigenvalue weighted by Crippen LogP contribution is 2.23. The summed E-state index contributed by atoms with van der Waals surface area (Å²) in [6, 6.07) is 2.85. The molecule has 0 unspecified atom stereocenters. The van der Waals surface area contributed by atoms with Crippen LogP contribution in [0.25, 0.3) is 0 Å². The highest BCUT2D eigenvalue weighted by molar-refractivity contribution is 5.55. The van der Waals surface area contributed by atoms with Gasteiger partial charge in [-0.1, -0.05) is 0 Å². The number of anilines is 2. The minimum atomic E-state index is -0.430. The maximum Gasteiger partial charge on any atom is 0.276 e. The number of aromatic nitrogens is 3. The Morgan fingerprint density at radius 3 is 2.80 bits per heavy atom. The van der Waals surface area contributed by atoms with E-state index in [0.717, 1.165) is 5.82 Å². The van der Waals surface area contributed by atoms with Crippen molar-refractivity contribution in [1.82, 2.24) is 14.5 Å². The van der Waals surface area contributed by atoms with Crippen LogP contribution in [0, 0.1) is 10.1 Å². The van der Waals surface area contributed by atoms with Crippen LogP contribution in [-0.2, 0) is 13.6 Å². The van der Waals surface area contributed by atoms with Crippen molar-refractivity contribution < 1.29 is 4.92 Å². The number of rotatable bonds is 5. The van der Waals surface area contributed by atoms with Crippen LogP contribution in [0.5, 0.6) is 0 Å². The van der Waals surface area contributed by atoms with Crippen molar-refractivity contribution >= 4 is 17.3 Å². The highest BCUT2D eigenvalue weighted by Gasteiger charge is 2.14. The third-order valence-electron chi connectivity index (χ3n) is 2.95. The van der Waals surface area contributed by atoms with Gasteiger partial charge in [0.05, 0.1) is 23.6 Å². The summed E-state index contributed by atoms with van der Waals surface area (Å²) in [5.41, 5.74) is 0.00559. The number of hydrogen-bond donors (Lipinski definition) is 1. The van der Waals surface area contributed by atoms with Gasteiger partial charge in [-0.25, -0.2) is 9.97 Å². The maximum atomic E-state index is 10.9. The molecule has 8 nitrogen and oxygen atoms in total. The van der Waals surface area contributed by atoms with Crippen LogP contribution in [0.1, 0.15) is 5.82 Å². The number of aryl methyl sites for hydroxylation is 1. The standard InChI is InChI=1S/C12H16N6O2/c1-13-10-6-9(18(19)20)7-11(15-10)17(3)8-12-14-4-5-16(12)2/h4-7H,8H2,1-3H3,(H,13,15). The Morgan fingerprint density at radius 1 is 1.50 bits per heavy atom. The molecule has 0 radical (unpaired) electrons. The molecule has 0 aliphatic heterocycles. The van der Waals surface area contributed by atoms with E-state index in [1.165, 1.54) is 12.1 Å². The summed E-state index contributed by atoms with van der Waals surface area (Å²) in [5, 5.41) is 13.8. The lowest BCUT2D eigenvalue weighted by Gasteiger charge is -2.18. The molecule has 0 bridgehead atoms. The Kier molecular flexibility index (Phi) is 3.83. The Balaban J connectivity index is 2.29. The van der Waals surface area contributed by atoms with E-state index in [4.69, 9.17) is 0 Å². The van der Waals surface area contributed by atoms with Crippen molar-refractivity contribution in [2.75, 3.05) is 24.3 Å². The van der Waals surface area contributed by atoms with Crippen molar-refractivity contribution in [3.63, 3.8) is 0 Å². The molecule has 0 atom stereocenters. The fourth-order valence-corrected chi connectivity index (χ4v) is 1.77. The predicted octanol–water partition coefficient (Wildman–Crippen LogP) is 1.40. The van der Waals surface area contributed by atoms with Gasteiger partial charge >= 0.3 is 0 Å². The number of nitrogens with one attached hydrogen (secondary N) is 1. The molecule has 0 amide bonds. The van der Waals surface area contributed by atoms with Crippen molar-refractivity contribution in [3.8, 4) is 0 Å². The number of hydrogen-bond acceptors (Lipinski definition) is 6. The van der Waals surface area contributed by atoms with Gasteiger partial charge in [-0.15, -0.1) is 0 Å². The molecule has 0 saturated carbocycles. The van der Waals surface area contributed by atoms with Crippen LogP contribution in [-0.4, -0.2) is 33.6 Å². The van der Waals surface area contributed by atoms with Crippen LogP contribution in [0.2, 0.25) is 0 Å². The van der Waals surface area contributed by atoms with E-state index in [-0.39, 0.29) is 5.69 Å². The second-order valence-electron chi connectivity index (χ2n) is 4.39. The van der Waals surface area contributed by atoms with E-state index in [9.17, 15) is 10.1 Å². The predicted molar refractivity (Wildman–Crippen MR) is 75.8 cm³/mol. The zero-order valence-corrected chi connectivity index (χ0v) is 11.6. The lowest BCUT2D eigenvalue weighted by molar-refractivity contribution is -0.384. The van der Waals surface area contributed by atoms with Gasteiger partial charge in [0.15, 0.2) is 0 Å². The molecule has 0 fully saturated rings. The summed E-state index contributed by atoms with van der Waals surface area (Å²) in [6.07, 6.45) is 3.56.